The first-order valence-electron chi connectivity index (χ1n) is 24.3. The zero-order valence-electron chi connectivity index (χ0n) is 36.6. The summed E-state index contributed by atoms with van der Waals surface area (Å²) < 4.78 is 0. The van der Waals surface area contributed by atoms with E-state index in [1.807, 2.05) is 0 Å². The van der Waals surface area contributed by atoms with Gasteiger partial charge in [-0.1, -0.05) is 271 Å². The highest BCUT2D eigenvalue weighted by molar-refractivity contribution is 4.52. The van der Waals surface area contributed by atoms with Gasteiger partial charge < -0.3 is 17.2 Å². The Morgan fingerprint density at radius 1 is 0.157 bits per heavy atom. The molecule has 0 spiro atoms. The van der Waals surface area contributed by atoms with Gasteiger partial charge in [0, 0.05) is 0 Å². The average molecular weight is 724 g/mol. The second-order valence-corrected chi connectivity index (χ2v) is 16.2. The molecule has 3 nitrogen and oxygen atoms in total. The molecule has 0 aliphatic heterocycles. The maximum atomic E-state index is 5.48. The second kappa shape index (κ2) is 59.2. The first kappa shape index (κ1) is 55.2. The predicted molar refractivity (Wildman–Crippen MR) is 238 cm³/mol. The van der Waals surface area contributed by atoms with Crippen molar-refractivity contribution in [1.29, 1.82) is 0 Å². The van der Waals surface area contributed by atoms with Gasteiger partial charge in [0.2, 0.25) is 0 Å². The lowest BCUT2D eigenvalue weighted by Crippen LogP contribution is -1.97. The predicted octanol–water partition coefficient (Wildman–Crippen LogP) is 16.3. The number of nitrogens with two attached hydrogens (primary N) is 3. The summed E-state index contributed by atoms with van der Waals surface area (Å²) in [4.78, 5) is 0. The van der Waals surface area contributed by atoms with Crippen LogP contribution in [0, 0.1) is 0 Å². The van der Waals surface area contributed by atoms with Gasteiger partial charge in [0.15, 0.2) is 0 Å². The van der Waals surface area contributed by atoms with Crippen LogP contribution in [0.25, 0.3) is 0 Å². The summed E-state index contributed by atoms with van der Waals surface area (Å²) in [7, 11) is 0. The van der Waals surface area contributed by atoms with E-state index in [2.05, 4.69) is 20.8 Å². The highest BCUT2D eigenvalue weighted by Crippen LogP contribution is 2.15. The van der Waals surface area contributed by atoms with E-state index >= 15 is 0 Å². The van der Waals surface area contributed by atoms with E-state index in [1.165, 1.54) is 270 Å². The SMILES string of the molecule is CCCCCCCCCCCCCCCCCCN.CCCCCCCCCCCCCCCCN.CCCCCCCCCCCCCCN. The smallest absolute Gasteiger partial charge is 0.00773 e. The van der Waals surface area contributed by atoms with Crippen LogP contribution >= 0.6 is 0 Å². The van der Waals surface area contributed by atoms with Gasteiger partial charge in [-0.3, -0.25) is 0 Å². The molecule has 0 heterocycles. The van der Waals surface area contributed by atoms with E-state index in [0.717, 1.165) is 19.6 Å². The molecule has 0 rings (SSSR count). The Bertz CT molecular complexity index is 469. The Morgan fingerprint density at radius 2 is 0.255 bits per heavy atom. The van der Waals surface area contributed by atoms with Gasteiger partial charge in [-0.05, 0) is 38.9 Å². The van der Waals surface area contributed by atoms with Crippen molar-refractivity contribution in [2.45, 2.75) is 290 Å². The maximum Gasteiger partial charge on any atom is -0.00773 e. The molecular weight excluding hydrogens is 619 g/mol. The maximum absolute atomic E-state index is 5.48. The Morgan fingerprint density at radius 3 is 0.353 bits per heavy atom. The van der Waals surface area contributed by atoms with Gasteiger partial charge in [-0.25, -0.2) is 0 Å². The molecule has 0 saturated carbocycles. The van der Waals surface area contributed by atoms with Crippen LogP contribution in [-0.4, -0.2) is 19.6 Å². The Kier molecular flexibility index (Phi) is 64.1. The normalized spacial score (nSPS) is 10.9. The first-order chi connectivity index (χ1) is 25.2. The summed E-state index contributed by atoms with van der Waals surface area (Å²) in [6.07, 6.45) is 59.6. The molecule has 51 heavy (non-hydrogen) atoms. The molecule has 0 aromatic rings. The molecular formula is C48H105N3. The molecule has 0 saturated heterocycles. The van der Waals surface area contributed by atoms with Crippen LogP contribution in [0.1, 0.15) is 290 Å². The monoisotopic (exact) mass is 724 g/mol. The van der Waals surface area contributed by atoms with Gasteiger partial charge in [0.25, 0.3) is 0 Å². The van der Waals surface area contributed by atoms with Gasteiger partial charge in [0.05, 0.1) is 0 Å². The van der Waals surface area contributed by atoms with Crippen molar-refractivity contribution in [1.82, 2.24) is 0 Å². The minimum atomic E-state index is 0.872. The molecule has 3 heteroatoms. The molecule has 0 aromatic heterocycles. The molecule has 0 aromatic carbocycles. The van der Waals surface area contributed by atoms with Crippen molar-refractivity contribution in [2.75, 3.05) is 19.6 Å². The fourth-order valence-corrected chi connectivity index (χ4v) is 7.02. The minimum absolute atomic E-state index is 0.872. The van der Waals surface area contributed by atoms with Crippen LogP contribution in [0.15, 0.2) is 0 Å². The average Bonchev–Trinajstić information content (AvgIpc) is 3.15. The van der Waals surface area contributed by atoms with Crippen molar-refractivity contribution >= 4 is 0 Å². The zero-order chi connectivity index (χ0) is 37.8. The topological polar surface area (TPSA) is 78.1 Å². The number of unbranched alkanes of at least 4 members (excludes halogenated alkanes) is 39. The van der Waals surface area contributed by atoms with E-state index < -0.39 is 0 Å². The highest BCUT2D eigenvalue weighted by atomic mass is 14.5. The summed E-state index contributed by atoms with van der Waals surface area (Å²) in [5.74, 6) is 0. The summed E-state index contributed by atoms with van der Waals surface area (Å²) >= 11 is 0. The summed E-state index contributed by atoms with van der Waals surface area (Å²) in [5.41, 5.74) is 16.4. The van der Waals surface area contributed by atoms with E-state index in [-0.39, 0.29) is 0 Å². The van der Waals surface area contributed by atoms with Crippen LogP contribution in [0.5, 0.6) is 0 Å². The molecule has 0 aliphatic rings. The van der Waals surface area contributed by atoms with E-state index in [0.29, 0.717) is 0 Å². The third-order valence-electron chi connectivity index (χ3n) is 10.7. The van der Waals surface area contributed by atoms with E-state index in [4.69, 9.17) is 17.2 Å². The third kappa shape index (κ3) is 65.2. The standard InChI is InChI=1S/C18H39N.C16H35N.C14H31N/c1-2-3-4-5-6-7-8-9-10-11-12-13-14-15-16-17-18-19;1-2-3-4-5-6-7-8-9-10-11-12-13-14-15-16-17;1-2-3-4-5-6-7-8-9-10-11-12-13-14-15/h2-19H2,1H3;2-17H2,1H3;2-15H2,1H3. The lowest BCUT2D eigenvalue weighted by atomic mass is 10.0. The molecule has 0 radical (unpaired) electrons. The van der Waals surface area contributed by atoms with Gasteiger partial charge in [0.1, 0.15) is 0 Å². The van der Waals surface area contributed by atoms with Crippen LogP contribution in [0.4, 0.5) is 0 Å². The quantitative estimate of drug-likeness (QED) is 0.0549. The number of hydrogen-bond donors (Lipinski definition) is 3. The molecule has 0 atom stereocenters. The molecule has 0 amide bonds. The largest absolute Gasteiger partial charge is 0.330 e. The number of rotatable bonds is 42. The lowest BCUT2D eigenvalue weighted by Gasteiger charge is -2.03. The minimum Gasteiger partial charge on any atom is -0.330 e. The Balaban J connectivity index is -0.000000683. The summed E-state index contributed by atoms with van der Waals surface area (Å²) in [6.45, 7) is 9.47. The number of hydrogen-bond acceptors (Lipinski definition) is 3. The van der Waals surface area contributed by atoms with Gasteiger partial charge >= 0.3 is 0 Å². The van der Waals surface area contributed by atoms with Crippen molar-refractivity contribution in [3.8, 4) is 0 Å². The molecule has 0 unspecified atom stereocenters. The van der Waals surface area contributed by atoms with E-state index in [9.17, 15) is 0 Å². The lowest BCUT2D eigenvalue weighted by molar-refractivity contribution is 0.530. The molecule has 312 valence electrons. The van der Waals surface area contributed by atoms with Crippen LogP contribution < -0.4 is 17.2 Å². The summed E-state index contributed by atoms with van der Waals surface area (Å²) in [5, 5.41) is 0. The van der Waals surface area contributed by atoms with Crippen LogP contribution in [0.3, 0.4) is 0 Å². The third-order valence-corrected chi connectivity index (χ3v) is 10.7. The molecule has 6 N–H and O–H groups in total. The molecule has 0 aliphatic carbocycles. The molecule has 0 bridgehead atoms. The van der Waals surface area contributed by atoms with E-state index in [1.54, 1.807) is 0 Å². The van der Waals surface area contributed by atoms with Crippen molar-refractivity contribution < 1.29 is 0 Å². The summed E-state index contributed by atoms with van der Waals surface area (Å²) in [6, 6.07) is 0. The fourth-order valence-electron chi connectivity index (χ4n) is 7.02. The van der Waals surface area contributed by atoms with Gasteiger partial charge in [-0.2, -0.15) is 0 Å². The van der Waals surface area contributed by atoms with Crippen LogP contribution in [0.2, 0.25) is 0 Å². The van der Waals surface area contributed by atoms with Gasteiger partial charge in [-0.15, -0.1) is 0 Å². The Labute approximate surface area is 326 Å². The first-order valence-corrected chi connectivity index (χ1v) is 24.3. The fraction of sp³-hybridized carbons (Fsp3) is 1.00. The Hall–Kier alpha value is -0.120. The second-order valence-electron chi connectivity index (χ2n) is 16.2. The zero-order valence-corrected chi connectivity index (χ0v) is 36.6. The molecule has 0 fully saturated rings. The van der Waals surface area contributed by atoms with Crippen molar-refractivity contribution in [2.24, 2.45) is 17.2 Å². The van der Waals surface area contributed by atoms with Crippen molar-refractivity contribution in [3.63, 3.8) is 0 Å². The van der Waals surface area contributed by atoms with Crippen molar-refractivity contribution in [3.05, 3.63) is 0 Å². The van der Waals surface area contributed by atoms with Crippen LogP contribution in [-0.2, 0) is 0 Å². The highest BCUT2D eigenvalue weighted by Gasteiger charge is 1.96.